The van der Waals surface area contributed by atoms with E-state index in [4.69, 9.17) is 0 Å². The van der Waals surface area contributed by atoms with Gasteiger partial charge in [0.25, 0.3) is 0 Å². The molecule has 1 amide bonds. The number of pyridine rings is 1. The zero-order valence-electron chi connectivity index (χ0n) is 6.94. The van der Waals surface area contributed by atoms with Gasteiger partial charge >= 0.3 is 0 Å². The molecule has 13 heavy (non-hydrogen) atoms. The van der Waals surface area contributed by atoms with Crippen molar-refractivity contribution in [2.45, 2.75) is 6.92 Å². The number of hydrogen-bond donors (Lipinski definition) is 1. The van der Waals surface area contributed by atoms with Crippen LogP contribution in [0.25, 0.3) is 10.3 Å². The van der Waals surface area contributed by atoms with Gasteiger partial charge in [0.15, 0.2) is 5.13 Å². The molecule has 2 aromatic heterocycles. The maximum absolute atomic E-state index is 10.7. The van der Waals surface area contributed by atoms with E-state index >= 15 is 0 Å². The number of fused-ring (bicyclic) bond motifs is 1. The van der Waals surface area contributed by atoms with Crippen molar-refractivity contribution in [3.63, 3.8) is 0 Å². The fourth-order valence-electron chi connectivity index (χ4n) is 0.974. The van der Waals surface area contributed by atoms with Crippen LogP contribution in [0.3, 0.4) is 0 Å². The fourth-order valence-corrected chi connectivity index (χ4v) is 1.83. The quantitative estimate of drug-likeness (QED) is 0.749. The van der Waals surface area contributed by atoms with Crippen LogP contribution in [0.1, 0.15) is 6.92 Å². The summed E-state index contributed by atoms with van der Waals surface area (Å²) >= 11 is 1.37. The zero-order valence-corrected chi connectivity index (χ0v) is 7.76. The standard InChI is InChI=1S/C8H7N3OS/c1-5(12)10-8-11-6-3-2-4-9-7(6)13-8/h2-4H,1H3,(H,10,11,12). The van der Waals surface area contributed by atoms with Crippen LogP contribution < -0.4 is 5.32 Å². The summed E-state index contributed by atoms with van der Waals surface area (Å²) in [7, 11) is 0. The van der Waals surface area contributed by atoms with E-state index in [1.54, 1.807) is 6.20 Å². The average Bonchev–Trinajstić information content (AvgIpc) is 2.44. The molecule has 0 unspecified atom stereocenters. The molecule has 2 heterocycles. The first-order chi connectivity index (χ1) is 6.25. The number of carbonyl (C=O) groups is 1. The Balaban J connectivity index is 2.44. The summed E-state index contributed by atoms with van der Waals surface area (Å²) in [5.41, 5.74) is 0.816. The Hall–Kier alpha value is -1.49. The van der Waals surface area contributed by atoms with Crippen molar-refractivity contribution in [3.8, 4) is 0 Å². The summed E-state index contributed by atoms with van der Waals surface area (Å²) < 4.78 is 0. The van der Waals surface area contributed by atoms with Crippen LogP contribution in [0.15, 0.2) is 18.3 Å². The highest BCUT2D eigenvalue weighted by molar-refractivity contribution is 7.21. The minimum absolute atomic E-state index is 0.112. The molecule has 2 aromatic rings. The molecule has 0 aliphatic carbocycles. The monoisotopic (exact) mass is 193 g/mol. The Morgan fingerprint density at radius 2 is 2.46 bits per heavy atom. The molecule has 0 aliphatic heterocycles. The van der Waals surface area contributed by atoms with Gasteiger partial charge in [-0.15, -0.1) is 0 Å². The minimum Gasteiger partial charge on any atom is -0.302 e. The Morgan fingerprint density at radius 1 is 1.62 bits per heavy atom. The van der Waals surface area contributed by atoms with Gasteiger partial charge in [-0.05, 0) is 12.1 Å². The third-order valence-electron chi connectivity index (χ3n) is 1.45. The van der Waals surface area contributed by atoms with Crippen LogP contribution in [-0.2, 0) is 4.79 Å². The fraction of sp³-hybridized carbons (Fsp3) is 0.125. The number of anilines is 1. The molecule has 0 spiro atoms. The molecule has 0 atom stereocenters. The lowest BCUT2D eigenvalue weighted by molar-refractivity contribution is -0.114. The molecule has 0 radical (unpaired) electrons. The first-order valence-corrected chi connectivity index (χ1v) is 4.56. The van der Waals surface area contributed by atoms with E-state index in [2.05, 4.69) is 15.3 Å². The highest BCUT2D eigenvalue weighted by Crippen LogP contribution is 2.22. The molecule has 0 saturated carbocycles. The van der Waals surface area contributed by atoms with Crippen molar-refractivity contribution in [3.05, 3.63) is 18.3 Å². The van der Waals surface area contributed by atoms with E-state index in [9.17, 15) is 4.79 Å². The molecular weight excluding hydrogens is 186 g/mol. The number of rotatable bonds is 1. The van der Waals surface area contributed by atoms with Crippen LogP contribution in [0.2, 0.25) is 0 Å². The maximum atomic E-state index is 10.7. The number of thiazole rings is 1. The lowest BCUT2D eigenvalue weighted by Crippen LogP contribution is -2.04. The van der Waals surface area contributed by atoms with Crippen LogP contribution in [0.5, 0.6) is 0 Å². The van der Waals surface area contributed by atoms with Crippen LogP contribution >= 0.6 is 11.3 Å². The van der Waals surface area contributed by atoms with Gasteiger partial charge in [-0.25, -0.2) is 9.97 Å². The van der Waals surface area contributed by atoms with Gasteiger partial charge in [0.2, 0.25) is 5.91 Å². The molecular formula is C8H7N3OS. The summed E-state index contributed by atoms with van der Waals surface area (Å²) in [5.74, 6) is -0.112. The number of aromatic nitrogens is 2. The predicted molar refractivity (Wildman–Crippen MR) is 51.7 cm³/mol. The van der Waals surface area contributed by atoms with E-state index in [0.29, 0.717) is 5.13 Å². The van der Waals surface area contributed by atoms with E-state index in [1.807, 2.05) is 12.1 Å². The van der Waals surface area contributed by atoms with Crippen molar-refractivity contribution < 1.29 is 4.79 Å². The van der Waals surface area contributed by atoms with Crippen molar-refractivity contribution in [1.29, 1.82) is 0 Å². The van der Waals surface area contributed by atoms with Crippen molar-refractivity contribution >= 4 is 32.7 Å². The number of nitrogens with one attached hydrogen (secondary N) is 1. The topological polar surface area (TPSA) is 54.9 Å². The molecule has 66 valence electrons. The Labute approximate surface area is 78.6 Å². The van der Waals surface area contributed by atoms with Gasteiger partial charge in [-0.3, -0.25) is 4.79 Å². The summed E-state index contributed by atoms with van der Waals surface area (Å²) in [6.45, 7) is 1.46. The molecule has 0 aromatic carbocycles. The lowest BCUT2D eigenvalue weighted by atomic mass is 10.5. The molecule has 0 saturated heterocycles. The third kappa shape index (κ3) is 1.65. The smallest absolute Gasteiger partial charge is 0.223 e. The number of nitrogens with zero attached hydrogens (tertiary/aromatic N) is 2. The van der Waals surface area contributed by atoms with E-state index in [1.165, 1.54) is 18.3 Å². The summed E-state index contributed by atoms with van der Waals surface area (Å²) in [4.78, 5) is 19.9. The van der Waals surface area contributed by atoms with Crippen LogP contribution in [0, 0.1) is 0 Å². The highest BCUT2D eigenvalue weighted by Gasteiger charge is 2.03. The largest absolute Gasteiger partial charge is 0.302 e. The first kappa shape index (κ1) is 8.12. The second-order valence-electron chi connectivity index (χ2n) is 2.53. The van der Waals surface area contributed by atoms with Gasteiger partial charge in [-0.1, -0.05) is 11.3 Å². The molecule has 1 N–H and O–H groups in total. The van der Waals surface area contributed by atoms with Gasteiger partial charge in [0.05, 0.1) is 0 Å². The normalized spacial score (nSPS) is 10.2. The third-order valence-corrected chi connectivity index (χ3v) is 2.34. The van der Waals surface area contributed by atoms with Crippen molar-refractivity contribution in [2.75, 3.05) is 5.32 Å². The molecule has 4 nitrogen and oxygen atoms in total. The number of carbonyl (C=O) groups excluding carboxylic acids is 1. The highest BCUT2D eigenvalue weighted by atomic mass is 32.1. The summed E-state index contributed by atoms with van der Waals surface area (Å²) in [6.07, 6.45) is 1.71. The molecule has 2 rings (SSSR count). The average molecular weight is 193 g/mol. The predicted octanol–water partition coefficient (Wildman–Crippen LogP) is 1.65. The van der Waals surface area contributed by atoms with Crippen molar-refractivity contribution in [2.24, 2.45) is 0 Å². The van der Waals surface area contributed by atoms with Gasteiger partial charge in [0.1, 0.15) is 10.3 Å². The van der Waals surface area contributed by atoms with Gasteiger partial charge < -0.3 is 5.32 Å². The zero-order chi connectivity index (χ0) is 9.26. The Bertz CT molecular complexity index is 418. The van der Waals surface area contributed by atoms with E-state index in [0.717, 1.165) is 10.3 Å². The lowest BCUT2D eigenvalue weighted by Gasteiger charge is -1.91. The van der Waals surface area contributed by atoms with Crippen LogP contribution in [-0.4, -0.2) is 15.9 Å². The summed E-state index contributed by atoms with van der Waals surface area (Å²) in [6, 6.07) is 3.68. The Kier molecular flexibility index (Phi) is 1.94. The molecule has 0 fully saturated rings. The SMILES string of the molecule is CC(=O)Nc1nc2cccnc2s1. The number of hydrogen-bond acceptors (Lipinski definition) is 4. The minimum atomic E-state index is -0.112. The second kappa shape index (κ2) is 3.10. The maximum Gasteiger partial charge on any atom is 0.223 e. The molecule has 0 aliphatic rings. The first-order valence-electron chi connectivity index (χ1n) is 3.75. The van der Waals surface area contributed by atoms with Crippen molar-refractivity contribution in [1.82, 2.24) is 9.97 Å². The summed E-state index contributed by atoms with van der Waals surface area (Å²) in [5, 5.41) is 3.22. The molecule has 5 heteroatoms. The Morgan fingerprint density at radius 3 is 3.15 bits per heavy atom. The van der Waals surface area contributed by atoms with Gasteiger partial charge in [0, 0.05) is 13.1 Å². The van der Waals surface area contributed by atoms with Gasteiger partial charge in [-0.2, -0.15) is 0 Å². The van der Waals surface area contributed by atoms with E-state index < -0.39 is 0 Å². The molecule has 0 bridgehead atoms. The van der Waals surface area contributed by atoms with Crippen LogP contribution in [0.4, 0.5) is 5.13 Å². The van der Waals surface area contributed by atoms with E-state index in [-0.39, 0.29) is 5.91 Å². The number of amides is 1. The second-order valence-corrected chi connectivity index (χ2v) is 3.51.